The first-order valence-electron chi connectivity index (χ1n) is 35.7. The second-order valence-corrected chi connectivity index (χ2v) is 29.1. The van der Waals surface area contributed by atoms with Gasteiger partial charge in [0.25, 0.3) is 0 Å². The minimum absolute atomic E-state index is 0.0277. The topological polar surface area (TPSA) is 349 Å². The van der Waals surface area contributed by atoms with Crippen LogP contribution in [0.1, 0.15) is 161 Å². The fourth-order valence-electron chi connectivity index (χ4n) is 12.2. The second-order valence-electron chi connectivity index (χ2n) is 29.1. The van der Waals surface area contributed by atoms with E-state index in [1.165, 1.54) is 89.0 Å². The first-order chi connectivity index (χ1) is 47.7. The maximum atomic E-state index is 15.3. The number of nitrogens with one attached hydrogen (secondary N) is 4. The molecular weight excluding hydrogens is 1310 g/mol. The van der Waals surface area contributed by atoms with Gasteiger partial charge in [-0.05, 0) is 114 Å². The van der Waals surface area contributed by atoms with Gasteiger partial charge in [-0.25, -0.2) is 0 Å². The number of oxime groups is 1. The zero-order valence-corrected chi connectivity index (χ0v) is 64.7. The summed E-state index contributed by atoms with van der Waals surface area (Å²) >= 11 is 0. The van der Waals surface area contributed by atoms with Gasteiger partial charge < -0.3 is 74.8 Å². The Morgan fingerprint density at radius 2 is 1.16 bits per heavy atom. The summed E-state index contributed by atoms with van der Waals surface area (Å²) in [6.07, 6.45) is 7.05. The molecule has 1 fully saturated rings. The van der Waals surface area contributed by atoms with Crippen LogP contribution in [0.3, 0.4) is 0 Å². The molecule has 0 saturated carbocycles. The van der Waals surface area contributed by atoms with Crippen molar-refractivity contribution in [1.82, 2.24) is 65.7 Å². The maximum absolute atomic E-state index is 15.3. The van der Waals surface area contributed by atoms with E-state index in [-0.39, 0.29) is 63.1 Å². The van der Waals surface area contributed by atoms with Crippen LogP contribution in [0.25, 0.3) is 11.5 Å². The van der Waals surface area contributed by atoms with E-state index in [4.69, 9.17) is 14.1 Å². The Kier molecular flexibility index (Phi) is 35.9. The number of ether oxygens (including phenoxy) is 1. The van der Waals surface area contributed by atoms with Gasteiger partial charge in [0.1, 0.15) is 72.7 Å². The molecule has 1 aliphatic heterocycles. The standard InChI is InChI=1S/C73H120N14O15/c1-24-26-29-47(13)63(89)62-67(93)79-52(25-2)69(95)81(17)40-58(88)85(21)61(50(16)100-35-28-27-33-75-101-41-51-30-31-53(74-39-51)57-32-34-76-102-57)66(92)80-59(45(9)10)72(98)82(18)54(36-42(3)4)65(91)77-48(14)64(90)78-49(15)68(94)83(19)55(37-43(5)6)70(96)84(20)56(38-44(7)8)71(97)86(22)60(46(11)12)73(99)87(62)23/h24,26,30-34,39,42-50,52,54-56,59-63,89H,25,27-29,35-38,40-41H2,1-23H3,(H,77,91)(H,78,90)(H,79,93)(H,80,92)/b26-24+,75-33+/t47-,48+,49+,50-,52+,54-,55+,56-,59+,60+,61+,62+,63-/m1/s1. The molecule has 572 valence electrons. The first-order valence-corrected chi connectivity index (χ1v) is 35.7. The number of unbranched alkanes of at least 4 members (excludes halogenated alkanes) is 1. The molecule has 13 atom stereocenters. The molecule has 0 spiro atoms. The summed E-state index contributed by atoms with van der Waals surface area (Å²) in [6.45, 7) is 27.1. The number of nitrogens with zero attached hydrogens (tertiary/aromatic N) is 10. The van der Waals surface area contributed by atoms with Crippen LogP contribution >= 0.6 is 0 Å². The van der Waals surface area contributed by atoms with Gasteiger partial charge in [-0.2, -0.15) is 0 Å². The normalized spacial score (nSPS) is 24.7. The van der Waals surface area contributed by atoms with E-state index in [2.05, 4.69) is 36.6 Å². The Morgan fingerprint density at radius 1 is 0.608 bits per heavy atom. The third kappa shape index (κ3) is 25.0. The molecule has 29 nitrogen and oxygen atoms in total. The average molecular weight is 1430 g/mol. The molecule has 0 unspecified atom stereocenters. The lowest BCUT2D eigenvalue weighted by atomic mass is 9.91. The molecule has 2 aromatic heterocycles. The molecule has 11 amide bonds. The molecule has 3 heterocycles. The lowest BCUT2D eigenvalue weighted by molar-refractivity contribution is -0.157. The van der Waals surface area contributed by atoms with Gasteiger partial charge in [-0.1, -0.05) is 112 Å². The number of rotatable bonds is 23. The highest BCUT2D eigenvalue weighted by Gasteiger charge is 2.46. The molecule has 29 heteroatoms. The largest absolute Gasteiger partial charge is 0.391 e. The van der Waals surface area contributed by atoms with Crippen LogP contribution in [-0.2, 0) is 68.9 Å². The number of hydrogen-bond acceptors (Lipinski definition) is 18. The number of likely N-dealkylation sites (N-methyl/N-ethyl adjacent to an activating group) is 7. The van der Waals surface area contributed by atoms with Crippen molar-refractivity contribution in [2.75, 3.05) is 62.5 Å². The van der Waals surface area contributed by atoms with Gasteiger partial charge in [0, 0.05) is 80.0 Å². The monoisotopic (exact) mass is 1430 g/mol. The number of allylic oxidation sites excluding steroid dienone is 2. The Morgan fingerprint density at radius 3 is 1.69 bits per heavy atom. The van der Waals surface area contributed by atoms with Crippen molar-refractivity contribution >= 4 is 71.2 Å². The van der Waals surface area contributed by atoms with Crippen molar-refractivity contribution in [1.29, 1.82) is 0 Å². The Hall–Kier alpha value is -8.34. The summed E-state index contributed by atoms with van der Waals surface area (Å²) in [4.78, 5) is 181. The summed E-state index contributed by atoms with van der Waals surface area (Å²) in [7, 11) is 9.75. The van der Waals surface area contributed by atoms with E-state index in [1.807, 2.05) is 47.6 Å². The molecule has 0 radical (unpaired) electrons. The van der Waals surface area contributed by atoms with Crippen molar-refractivity contribution in [2.24, 2.45) is 40.7 Å². The number of carbonyl (C=O) groups excluding carboxylic acids is 11. The van der Waals surface area contributed by atoms with Crippen molar-refractivity contribution in [3.63, 3.8) is 0 Å². The summed E-state index contributed by atoms with van der Waals surface area (Å²) in [6, 6.07) is -7.85. The van der Waals surface area contributed by atoms with E-state index < -0.39 is 162 Å². The third-order valence-electron chi connectivity index (χ3n) is 18.5. The maximum Gasteiger partial charge on any atom is 0.246 e. The summed E-state index contributed by atoms with van der Waals surface area (Å²) in [5.41, 5.74) is 1.36. The molecule has 102 heavy (non-hydrogen) atoms. The molecule has 0 aromatic carbocycles. The molecular formula is C73H120N14O15. The number of aliphatic hydroxyl groups is 1. The fraction of sp³-hybridized carbons (Fsp3) is 0.699. The fourth-order valence-corrected chi connectivity index (χ4v) is 12.2. The van der Waals surface area contributed by atoms with Crippen LogP contribution in [0.4, 0.5) is 0 Å². The predicted molar refractivity (Wildman–Crippen MR) is 387 cm³/mol. The van der Waals surface area contributed by atoms with Crippen LogP contribution in [0.2, 0.25) is 0 Å². The van der Waals surface area contributed by atoms with E-state index in [0.717, 1.165) is 20.3 Å². The van der Waals surface area contributed by atoms with E-state index in [1.54, 1.807) is 92.1 Å². The minimum atomic E-state index is -1.66. The number of amides is 11. The predicted octanol–water partition coefficient (Wildman–Crippen LogP) is 4.66. The van der Waals surface area contributed by atoms with Gasteiger partial charge >= 0.3 is 0 Å². The van der Waals surface area contributed by atoms with Gasteiger partial charge in [0.05, 0.1) is 24.9 Å². The van der Waals surface area contributed by atoms with Crippen LogP contribution in [0.15, 0.2) is 52.4 Å². The smallest absolute Gasteiger partial charge is 0.246 e. The molecule has 0 aliphatic carbocycles. The second kappa shape index (κ2) is 41.7. The lowest BCUT2D eigenvalue weighted by Gasteiger charge is -2.41. The highest BCUT2D eigenvalue weighted by Crippen LogP contribution is 2.26. The minimum Gasteiger partial charge on any atom is -0.391 e. The van der Waals surface area contributed by atoms with E-state index in [0.29, 0.717) is 24.3 Å². The van der Waals surface area contributed by atoms with Crippen molar-refractivity contribution in [3.8, 4) is 11.5 Å². The summed E-state index contributed by atoms with van der Waals surface area (Å²) in [5.74, 6) is -9.90. The van der Waals surface area contributed by atoms with E-state index >= 15 is 24.0 Å². The summed E-state index contributed by atoms with van der Waals surface area (Å²) in [5, 5.41) is 31.0. The van der Waals surface area contributed by atoms with Crippen LogP contribution in [0, 0.1) is 35.5 Å². The quantitative estimate of drug-likeness (QED) is 0.0437. The molecule has 2 aromatic rings. The van der Waals surface area contributed by atoms with Crippen LogP contribution in [-0.4, -0.2) is 256 Å². The SMILES string of the molecule is C/C=C/C[C@@H](C)[C@@H](O)[C@H]1C(=O)N[C@@H](CC)C(=O)N(C)CC(=O)N(C)[C@@H]([C@@H](C)OCCC/C=N/OCc2ccc(-c3ccno3)nc2)C(=O)N[C@@H](C(C)C)C(=O)N(C)[C@H](CC(C)C)C(=O)N[C@@H](C)C(=O)N[C@@H](C)C(=O)N(C)[C@@H](CC(C)C)C(=O)N(C)[C@H](CC(C)C)C(=O)N(C)[C@@H](C(C)C)C(=O)N1C. The zero-order valence-electron chi connectivity index (χ0n) is 64.7. The Labute approximate surface area is 604 Å². The molecule has 1 aliphatic rings. The number of hydrogen-bond donors (Lipinski definition) is 5. The van der Waals surface area contributed by atoms with Crippen molar-refractivity contribution in [3.05, 3.63) is 48.3 Å². The number of carbonyl (C=O) groups is 11. The summed E-state index contributed by atoms with van der Waals surface area (Å²) < 4.78 is 11.4. The highest BCUT2D eigenvalue weighted by molar-refractivity contribution is 5.99. The highest BCUT2D eigenvalue weighted by atomic mass is 16.6. The van der Waals surface area contributed by atoms with Gasteiger partial charge in [-0.15, -0.1) is 0 Å². The molecule has 1 saturated heterocycles. The molecule has 3 rings (SSSR count). The number of aliphatic hydroxyl groups excluding tert-OH is 1. The van der Waals surface area contributed by atoms with Crippen molar-refractivity contribution in [2.45, 2.75) is 235 Å². The van der Waals surface area contributed by atoms with Crippen LogP contribution in [0.5, 0.6) is 0 Å². The number of aromatic nitrogens is 2. The molecule has 0 bridgehead atoms. The Balaban J connectivity index is 2.22. The Bertz CT molecular complexity index is 3140. The average Bonchev–Trinajstić information content (AvgIpc) is 0.809. The number of pyridine rings is 1. The van der Waals surface area contributed by atoms with Gasteiger partial charge in [-0.3, -0.25) is 57.7 Å². The van der Waals surface area contributed by atoms with E-state index in [9.17, 15) is 33.9 Å². The lowest BCUT2D eigenvalue weighted by Crippen LogP contribution is -2.63. The zero-order chi connectivity index (χ0) is 77.3. The van der Waals surface area contributed by atoms with Crippen molar-refractivity contribution < 1.29 is 71.9 Å². The van der Waals surface area contributed by atoms with Gasteiger partial charge in [0.15, 0.2) is 5.76 Å². The first kappa shape index (κ1) is 87.9. The molecule has 5 N–H and O–H groups in total. The van der Waals surface area contributed by atoms with Crippen LogP contribution < -0.4 is 21.3 Å². The third-order valence-corrected chi connectivity index (χ3v) is 18.5. The van der Waals surface area contributed by atoms with Gasteiger partial charge in [0.2, 0.25) is 65.0 Å².